The van der Waals surface area contributed by atoms with Crippen LogP contribution in [0.2, 0.25) is 0 Å². The van der Waals surface area contributed by atoms with Crippen molar-refractivity contribution in [3.8, 4) is 5.75 Å². The normalized spacial score (nSPS) is 11.2. The minimum Gasteiger partial charge on any atom is -0.493 e. The van der Waals surface area contributed by atoms with Gasteiger partial charge >= 0.3 is 0 Å². The molecule has 1 aromatic heterocycles. The maximum Gasteiger partial charge on any atom is 0.298 e. The Morgan fingerprint density at radius 2 is 1.61 bits per heavy atom. The van der Waals surface area contributed by atoms with Crippen molar-refractivity contribution < 1.29 is 23.1 Å². The van der Waals surface area contributed by atoms with Crippen molar-refractivity contribution in [2.24, 2.45) is 0 Å². The number of benzene rings is 3. The van der Waals surface area contributed by atoms with Crippen molar-refractivity contribution in [2.75, 3.05) is 23.9 Å². The van der Waals surface area contributed by atoms with Crippen molar-refractivity contribution in [2.45, 2.75) is 25.8 Å². The first kappa shape index (κ1) is 26.5. The number of nitrogens with zero attached hydrogens (tertiary/aromatic N) is 3. The Hall–Kier alpha value is -4.53. The van der Waals surface area contributed by atoms with Crippen LogP contribution < -0.4 is 15.0 Å². The van der Waals surface area contributed by atoms with E-state index in [0.29, 0.717) is 17.1 Å². The minimum absolute atomic E-state index is 0.0921. The standard InChI is InChI=1S/C29H28F2N4O3/c1-21-8-10-22(11-9-21)29(30,31)23-12-14-25(15-13-23)34(2)28(37)20-35-19-24(18-32-35)33-27(36)16-17-38-26-6-4-3-5-7-26/h3-15,18-19H,16-17,20H2,1-2H3,(H,33,36). The summed E-state index contributed by atoms with van der Waals surface area (Å²) >= 11 is 0. The monoisotopic (exact) mass is 518 g/mol. The van der Waals surface area contributed by atoms with Gasteiger partial charge in [-0.1, -0.05) is 60.2 Å². The Morgan fingerprint density at radius 1 is 0.974 bits per heavy atom. The molecule has 0 aliphatic heterocycles. The number of alkyl halides is 2. The molecular formula is C29H28F2N4O3. The lowest BCUT2D eigenvalue weighted by atomic mass is 9.99. The highest BCUT2D eigenvalue weighted by Crippen LogP contribution is 2.36. The van der Waals surface area contributed by atoms with Gasteiger partial charge in [-0.15, -0.1) is 0 Å². The fourth-order valence-corrected chi connectivity index (χ4v) is 3.73. The topological polar surface area (TPSA) is 76.5 Å². The van der Waals surface area contributed by atoms with E-state index in [1.165, 1.54) is 52.2 Å². The average Bonchev–Trinajstić information content (AvgIpc) is 3.35. The van der Waals surface area contributed by atoms with Gasteiger partial charge in [-0.2, -0.15) is 13.9 Å². The summed E-state index contributed by atoms with van der Waals surface area (Å²) < 4.78 is 36.7. The van der Waals surface area contributed by atoms with E-state index >= 15 is 0 Å². The summed E-state index contributed by atoms with van der Waals surface area (Å²) in [6.07, 6.45) is 3.15. The SMILES string of the molecule is Cc1ccc(C(F)(F)c2ccc(N(C)C(=O)Cn3cc(NC(=O)CCOc4ccccc4)cn3)cc2)cc1. The van der Waals surface area contributed by atoms with E-state index in [4.69, 9.17) is 4.74 Å². The summed E-state index contributed by atoms with van der Waals surface area (Å²) in [7, 11) is 1.56. The van der Waals surface area contributed by atoms with Crippen LogP contribution in [0.5, 0.6) is 5.75 Å². The first-order valence-corrected chi connectivity index (χ1v) is 12.0. The Labute approximate surface area is 219 Å². The smallest absolute Gasteiger partial charge is 0.298 e. The largest absolute Gasteiger partial charge is 0.493 e. The second-order valence-electron chi connectivity index (χ2n) is 8.83. The van der Waals surface area contributed by atoms with Gasteiger partial charge in [-0.05, 0) is 31.2 Å². The van der Waals surface area contributed by atoms with Crippen molar-refractivity contribution in [3.05, 3.63) is 108 Å². The van der Waals surface area contributed by atoms with Crippen LogP contribution in [0.3, 0.4) is 0 Å². The van der Waals surface area contributed by atoms with E-state index in [2.05, 4.69) is 10.4 Å². The minimum atomic E-state index is -3.15. The van der Waals surface area contributed by atoms with E-state index in [0.717, 1.165) is 5.56 Å². The summed E-state index contributed by atoms with van der Waals surface area (Å²) in [5, 5.41) is 6.84. The molecule has 0 unspecified atom stereocenters. The van der Waals surface area contributed by atoms with Gasteiger partial charge in [0.1, 0.15) is 12.3 Å². The fourth-order valence-electron chi connectivity index (χ4n) is 3.73. The van der Waals surface area contributed by atoms with Crippen LogP contribution in [0.1, 0.15) is 23.1 Å². The Bertz CT molecular complexity index is 1370. The molecule has 0 fully saturated rings. The number of amides is 2. The summed E-state index contributed by atoms with van der Waals surface area (Å²) in [4.78, 5) is 26.3. The fraction of sp³-hybridized carbons (Fsp3) is 0.207. The molecule has 4 aromatic rings. The number of likely N-dealkylation sites (N-methyl/N-ethyl adjacent to an activating group) is 1. The van der Waals surface area contributed by atoms with Crippen LogP contribution >= 0.6 is 0 Å². The molecule has 0 radical (unpaired) electrons. The third-order valence-corrected chi connectivity index (χ3v) is 5.96. The number of ether oxygens (including phenoxy) is 1. The molecule has 9 heteroatoms. The van der Waals surface area contributed by atoms with E-state index in [1.807, 2.05) is 37.3 Å². The van der Waals surface area contributed by atoms with Crippen LogP contribution in [0, 0.1) is 6.92 Å². The molecule has 0 aliphatic rings. The molecule has 0 spiro atoms. The van der Waals surface area contributed by atoms with Crippen LogP contribution in [0.15, 0.2) is 91.3 Å². The highest BCUT2D eigenvalue weighted by molar-refractivity contribution is 5.93. The van der Waals surface area contributed by atoms with Gasteiger partial charge in [0.25, 0.3) is 5.92 Å². The van der Waals surface area contributed by atoms with Gasteiger partial charge in [-0.3, -0.25) is 14.3 Å². The molecule has 0 atom stereocenters. The molecule has 0 saturated heterocycles. The second kappa shape index (κ2) is 11.7. The number of carbonyl (C=O) groups excluding carboxylic acids is 2. The predicted octanol–water partition coefficient (Wildman–Crippen LogP) is 5.40. The number of anilines is 2. The zero-order valence-corrected chi connectivity index (χ0v) is 21.1. The first-order valence-electron chi connectivity index (χ1n) is 12.0. The first-order chi connectivity index (χ1) is 18.2. The van der Waals surface area contributed by atoms with Crippen LogP contribution in [-0.4, -0.2) is 35.2 Å². The molecule has 1 heterocycles. The third-order valence-electron chi connectivity index (χ3n) is 5.96. The lowest BCUT2D eigenvalue weighted by molar-refractivity contribution is -0.119. The van der Waals surface area contributed by atoms with Gasteiger partial charge in [0.05, 0.1) is 24.9 Å². The van der Waals surface area contributed by atoms with E-state index < -0.39 is 5.92 Å². The number of nitrogens with one attached hydrogen (secondary N) is 1. The highest BCUT2D eigenvalue weighted by Gasteiger charge is 2.33. The molecular weight excluding hydrogens is 490 g/mol. The second-order valence-corrected chi connectivity index (χ2v) is 8.83. The molecule has 1 N–H and O–H groups in total. The Morgan fingerprint density at radius 3 is 2.26 bits per heavy atom. The van der Waals surface area contributed by atoms with Crippen molar-refractivity contribution in [3.63, 3.8) is 0 Å². The number of aromatic nitrogens is 2. The number of halogens is 2. The van der Waals surface area contributed by atoms with E-state index in [9.17, 15) is 18.4 Å². The Kier molecular flexibility index (Phi) is 8.15. The number of aryl methyl sites for hydroxylation is 1. The summed E-state index contributed by atoms with van der Waals surface area (Å²) in [6, 6.07) is 20.9. The summed E-state index contributed by atoms with van der Waals surface area (Å²) in [5.74, 6) is -3.02. The maximum atomic E-state index is 14.9. The van der Waals surface area contributed by atoms with Gasteiger partial charge in [0.2, 0.25) is 11.8 Å². The molecule has 0 bridgehead atoms. The average molecular weight is 519 g/mol. The number of hydrogen-bond acceptors (Lipinski definition) is 4. The van der Waals surface area contributed by atoms with Crippen molar-refractivity contribution in [1.82, 2.24) is 9.78 Å². The molecule has 38 heavy (non-hydrogen) atoms. The zero-order valence-electron chi connectivity index (χ0n) is 21.1. The summed E-state index contributed by atoms with van der Waals surface area (Å²) in [5.41, 5.74) is 1.57. The van der Waals surface area contributed by atoms with Gasteiger partial charge in [0, 0.05) is 30.1 Å². The van der Waals surface area contributed by atoms with Gasteiger partial charge < -0.3 is 15.0 Å². The number of carbonyl (C=O) groups is 2. The molecule has 7 nitrogen and oxygen atoms in total. The van der Waals surface area contributed by atoms with Crippen LogP contribution in [-0.2, 0) is 22.1 Å². The molecule has 3 aromatic carbocycles. The number of rotatable bonds is 10. The molecule has 0 saturated carbocycles. The highest BCUT2D eigenvalue weighted by atomic mass is 19.3. The van der Waals surface area contributed by atoms with Crippen molar-refractivity contribution in [1.29, 1.82) is 0 Å². The summed E-state index contributed by atoms with van der Waals surface area (Å²) in [6.45, 7) is 1.97. The van der Waals surface area contributed by atoms with Gasteiger partial charge in [-0.25, -0.2) is 0 Å². The number of hydrogen-bond donors (Lipinski definition) is 1. The molecule has 0 aliphatic carbocycles. The van der Waals surface area contributed by atoms with Gasteiger partial charge in [0.15, 0.2) is 0 Å². The van der Waals surface area contributed by atoms with Crippen molar-refractivity contribution >= 4 is 23.2 Å². The lowest BCUT2D eigenvalue weighted by Gasteiger charge is -2.20. The van der Waals surface area contributed by atoms with E-state index in [1.54, 1.807) is 25.4 Å². The lowest BCUT2D eigenvalue weighted by Crippen LogP contribution is -2.30. The Balaban J connectivity index is 1.29. The zero-order chi connectivity index (χ0) is 27.1. The van der Waals surface area contributed by atoms with E-state index in [-0.39, 0.29) is 42.5 Å². The van der Waals surface area contributed by atoms with Crippen LogP contribution in [0.25, 0.3) is 0 Å². The number of para-hydroxylation sites is 1. The molecule has 4 rings (SSSR count). The maximum absolute atomic E-state index is 14.9. The third kappa shape index (κ3) is 6.61. The molecule has 196 valence electrons. The molecule has 2 amide bonds. The quantitative estimate of drug-likeness (QED) is 0.305. The predicted molar refractivity (Wildman–Crippen MR) is 141 cm³/mol. The van der Waals surface area contributed by atoms with Crippen LogP contribution in [0.4, 0.5) is 20.2 Å².